The molecule has 5 heteroatoms. The lowest BCUT2D eigenvalue weighted by Crippen LogP contribution is -2.48. The summed E-state index contributed by atoms with van der Waals surface area (Å²) in [6.07, 6.45) is 4.20. The zero-order valence-corrected chi connectivity index (χ0v) is 13.1. The van der Waals surface area contributed by atoms with Crippen LogP contribution in [0.25, 0.3) is 0 Å². The molecule has 1 saturated heterocycles. The van der Waals surface area contributed by atoms with E-state index in [0.717, 1.165) is 44.4 Å². The average Bonchev–Trinajstić information content (AvgIpc) is 3.00. The summed E-state index contributed by atoms with van der Waals surface area (Å²) < 4.78 is 5.15. The van der Waals surface area contributed by atoms with Crippen molar-refractivity contribution in [1.29, 1.82) is 0 Å². The number of hydrogen-bond acceptors (Lipinski definition) is 5. The van der Waals surface area contributed by atoms with E-state index in [1.165, 1.54) is 5.56 Å². The van der Waals surface area contributed by atoms with Crippen LogP contribution in [0, 0.1) is 0 Å². The van der Waals surface area contributed by atoms with Crippen molar-refractivity contribution in [3.05, 3.63) is 29.8 Å². The van der Waals surface area contributed by atoms with Gasteiger partial charge < -0.3 is 15.2 Å². The van der Waals surface area contributed by atoms with Gasteiger partial charge in [-0.15, -0.1) is 0 Å². The van der Waals surface area contributed by atoms with Gasteiger partial charge in [-0.25, -0.2) is 9.78 Å². The second kappa shape index (κ2) is 6.54. The van der Waals surface area contributed by atoms with Gasteiger partial charge in [-0.3, -0.25) is 0 Å². The topological polar surface area (TPSA) is 60.0 Å². The van der Waals surface area contributed by atoms with Crippen LogP contribution in [0.5, 0.6) is 5.75 Å². The van der Waals surface area contributed by atoms with Gasteiger partial charge in [-0.05, 0) is 43.4 Å². The molecule has 1 aliphatic heterocycles. The highest BCUT2D eigenvalue weighted by atomic mass is 17.2. The minimum absolute atomic E-state index is 0.137. The van der Waals surface area contributed by atoms with E-state index in [0.29, 0.717) is 13.2 Å². The van der Waals surface area contributed by atoms with Crippen molar-refractivity contribution in [3.8, 4) is 5.75 Å². The predicted molar refractivity (Wildman–Crippen MR) is 82.5 cm³/mol. The van der Waals surface area contributed by atoms with E-state index < -0.39 is 5.60 Å². The molecule has 22 heavy (non-hydrogen) atoms. The maximum Gasteiger partial charge on any atom is 0.118 e. The van der Waals surface area contributed by atoms with Gasteiger partial charge in [0.05, 0.1) is 19.3 Å². The number of ether oxygens (including phenoxy) is 1. The second-order valence-corrected chi connectivity index (χ2v) is 6.51. The molecule has 1 aliphatic carbocycles. The second-order valence-electron chi connectivity index (χ2n) is 6.51. The average molecular weight is 307 g/mol. The summed E-state index contributed by atoms with van der Waals surface area (Å²) in [5.41, 5.74) is 0.413. The highest BCUT2D eigenvalue weighted by Gasteiger charge is 2.45. The zero-order valence-electron chi connectivity index (χ0n) is 13.1. The van der Waals surface area contributed by atoms with E-state index in [1.807, 2.05) is 24.3 Å². The molecule has 1 heterocycles. The molecule has 2 N–H and O–H groups in total. The molecule has 122 valence electrons. The van der Waals surface area contributed by atoms with Crippen LogP contribution in [0.1, 0.15) is 37.7 Å². The molecule has 0 radical (unpaired) electrons. The summed E-state index contributed by atoms with van der Waals surface area (Å²) in [4.78, 5) is 10.5. The maximum absolute atomic E-state index is 10.7. The molecule has 1 aromatic rings. The van der Waals surface area contributed by atoms with Crippen molar-refractivity contribution in [2.75, 3.05) is 20.3 Å². The van der Waals surface area contributed by atoms with Crippen LogP contribution in [0.3, 0.4) is 0 Å². The van der Waals surface area contributed by atoms with Crippen LogP contribution in [0.4, 0.5) is 0 Å². The fourth-order valence-corrected chi connectivity index (χ4v) is 3.30. The van der Waals surface area contributed by atoms with Crippen molar-refractivity contribution in [1.82, 2.24) is 5.32 Å². The van der Waals surface area contributed by atoms with E-state index in [2.05, 4.69) is 5.32 Å². The highest BCUT2D eigenvalue weighted by Crippen LogP contribution is 2.41. The number of methoxy groups -OCH3 is 1. The van der Waals surface area contributed by atoms with Crippen molar-refractivity contribution in [2.24, 2.45) is 0 Å². The number of nitrogens with one attached hydrogen (secondary N) is 1. The molecule has 1 saturated carbocycles. The number of hydrogen-bond donors (Lipinski definition) is 2. The molecule has 1 spiro atoms. The Kier molecular flexibility index (Phi) is 4.68. The van der Waals surface area contributed by atoms with Gasteiger partial charge in [0.1, 0.15) is 11.4 Å². The lowest BCUT2D eigenvalue weighted by Gasteiger charge is -2.40. The van der Waals surface area contributed by atoms with Crippen molar-refractivity contribution in [3.63, 3.8) is 0 Å². The monoisotopic (exact) mass is 307 g/mol. The van der Waals surface area contributed by atoms with Crippen LogP contribution in [0.15, 0.2) is 24.3 Å². The quantitative estimate of drug-likeness (QED) is 0.817. The van der Waals surface area contributed by atoms with Crippen LogP contribution < -0.4 is 10.1 Å². The van der Waals surface area contributed by atoms with E-state index in [-0.39, 0.29) is 5.60 Å². The van der Waals surface area contributed by atoms with Crippen LogP contribution in [0.2, 0.25) is 0 Å². The maximum atomic E-state index is 10.7. The summed E-state index contributed by atoms with van der Waals surface area (Å²) in [5, 5.41) is 14.1. The SMILES string of the molecule is COc1ccc(CNCC2(O)CCC3(CCOO3)CC2)cc1. The Labute approximate surface area is 131 Å². The van der Waals surface area contributed by atoms with Crippen molar-refractivity contribution in [2.45, 2.75) is 49.9 Å². The number of benzene rings is 1. The summed E-state index contributed by atoms with van der Waals surface area (Å²) in [6, 6.07) is 7.98. The first kappa shape index (κ1) is 15.7. The Balaban J connectivity index is 1.44. The fraction of sp³-hybridized carbons (Fsp3) is 0.647. The normalized spacial score (nSPS) is 31.5. The van der Waals surface area contributed by atoms with Crippen molar-refractivity contribution < 1.29 is 19.6 Å². The molecular weight excluding hydrogens is 282 g/mol. The van der Waals surface area contributed by atoms with Crippen LogP contribution in [-0.4, -0.2) is 36.6 Å². The first-order valence-electron chi connectivity index (χ1n) is 8.00. The van der Waals surface area contributed by atoms with E-state index >= 15 is 0 Å². The van der Waals surface area contributed by atoms with E-state index in [1.54, 1.807) is 7.11 Å². The predicted octanol–water partition coefficient (Wildman–Crippen LogP) is 2.18. The molecule has 0 bridgehead atoms. The van der Waals surface area contributed by atoms with Crippen LogP contribution >= 0.6 is 0 Å². The molecule has 0 amide bonds. The smallest absolute Gasteiger partial charge is 0.118 e. The Morgan fingerprint density at radius 1 is 1.14 bits per heavy atom. The Morgan fingerprint density at radius 3 is 2.45 bits per heavy atom. The number of rotatable bonds is 5. The Bertz CT molecular complexity index is 472. The fourth-order valence-electron chi connectivity index (χ4n) is 3.30. The van der Waals surface area contributed by atoms with Crippen molar-refractivity contribution >= 4 is 0 Å². The lowest BCUT2D eigenvalue weighted by molar-refractivity contribution is -0.319. The summed E-state index contributed by atoms with van der Waals surface area (Å²) >= 11 is 0. The molecule has 0 aromatic heterocycles. The first-order valence-corrected chi connectivity index (χ1v) is 8.00. The molecule has 2 fully saturated rings. The standard InChI is InChI=1S/C17H25NO4/c1-20-15-4-2-14(3-5-15)12-18-13-16(19)6-8-17(9-7-16)10-11-21-22-17/h2-5,18-19H,6-13H2,1H3. The Morgan fingerprint density at radius 2 is 1.86 bits per heavy atom. The highest BCUT2D eigenvalue weighted by molar-refractivity contribution is 5.27. The largest absolute Gasteiger partial charge is 0.497 e. The molecule has 0 unspecified atom stereocenters. The summed E-state index contributed by atoms with van der Waals surface area (Å²) in [5.74, 6) is 0.860. The van der Waals surface area contributed by atoms with Gasteiger partial charge in [-0.2, -0.15) is 0 Å². The van der Waals surface area contributed by atoms with E-state index in [9.17, 15) is 5.11 Å². The van der Waals surface area contributed by atoms with E-state index in [4.69, 9.17) is 14.5 Å². The van der Waals surface area contributed by atoms with Gasteiger partial charge in [0.15, 0.2) is 0 Å². The molecule has 1 aromatic carbocycles. The van der Waals surface area contributed by atoms with Gasteiger partial charge in [0.2, 0.25) is 0 Å². The third-order valence-electron chi connectivity index (χ3n) is 4.91. The van der Waals surface area contributed by atoms with Gasteiger partial charge >= 0.3 is 0 Å². The Hall–Kier alpha value is -1.14. The van der Waals surface area contributed by atoms with Crippen LogP contribution in [-0.2, 0) is 16.3 Å². The third-order valence-corrected chi connectivity index (χ3v) is 4.91. The molecular formula is C17H25NO4. The minimum atomic E-state index is -0.635. The zero-order chi connectivity index (χ0) is 15.5. The molecule has 0 atom stereocenters. The first-order chi connectivity index (χ1) is 10.6. The number of aliphatic hydroxyl groups is 1. The lowest BCUT2D eigenvalue weighted by atomic mass is 9.75. The summed E-state index contributed by atoms with van der Waals surface area (Å²) in [6.45, 7) is 2.03. The molecule has 5 nitrogen and oxygen atoms in total. The summed E-state index contributed by atoms with van der Waals surface area (Å²) in [7, 11) is 1.66. The molecule has 2 aliphatic rings. The molecule has 3 rings (SSSR count). The van der Waals surface area contributed by atoms with Gasteiger partial charge in [0.25, 0.3) is 0 Å². The minimum Gasteiger partial charge on any atom is -0.497 e. The third kappa shape index (κ3) is 3.60. The van der Waals surface area contributed by atoms with Gasteiger partial charge in [-0.1, -0.05) is 12.1 Å². The van der Waals surface area contributed by atoms with Gasteiger partial charge in [0, 0.05) is 19.5 Å².